The number of hydrogen-bond donors (Lipinski definition) is 2. The number of sulfonamides is 1. The van der Waals surface area contributed by atoms with Crippen molar-refractivity contribution in [1.82, 2.24) is 0 Å². The number of primary sulfonamides is 1. The Bertz CT molecular complexity index is 990. The highest BCUT2D eigenvalue weighted by atomic mass is 35.5. The number of nitrogens with two attached hydrogens (primary N) is 2. The molecule has 0 fully saturated rings. The third-order valence-corrected chi connectivity index (χ3v) is 7.61. The van der Waals surface area contributed by atoms with Crippen LogP contribution in [0.3, 0.4) is 0 Å². The fourth-order valence-corrected chi connectivity index (χ4v) is 5.34. The molecule has 8 heteroatoms. The molecular formula is C19H22Cl2N2O3S. The van der Waals surface area contributed by atoms with Crippen molar-refractivity contribution in [3.05, 3.63) is 57.6 Å². The topological polar surface area (TPSA) is 95.4 Å². The standard InChI is InChI=1S/C19H22Cl2N2O3S/c1-3-18(4-2)11-12-7-5-6-8-13(12)19(18,22)26-14-9-10-15(27(23,24)25)17(21)16(14)20/h5-10H,3-4,11,22H2,1-2H3,(H2,23,24,25). The normalized spacial score (nSPS) is 21.1. The summed E-state index contributed by atoms with van der Waals surface area (Å²) in [5.74, 6) is 0.222. The van der Waals surface area contributed by atoms with Gasteiger partial charge in [-0.15, -0.1) is 0 Å². The number of fused-ring (bicyclic) bond motifs is 1. The van der Waals surface area contributed by atoms with Crippen LogP contribution in [0.1, 0.15) is 37.8 Å². The van der Waals surface area contributed by atoms with Gasteiger partial charge in [-0.1, -0.05) is 61.3 Å². The van der Waals surface area contributed by atoms with Gasteiger partial charge < -0.3 is 4.74 Å². The summed E-state index contributed by atoms with van der Waals surface area (Å²) in [6.07, 6.45) is 2.39. The van der Waals surface area contributed by atoms with Gasteiger partial charge in [-0.2, -0.15) is 0 Å². The van der Waals surface area contributed by atoms with Gasteiger partial charge in [0.2, 0.25) is 10.0 Å². The van der Waals surface area contributed by atoms with Crippen LogP contribution in [0, 0.1) is 5.41 Å². The molecule has 4 N–H and O–H groups in total. The maximum absolute atomic E-state index is 11.7. The predicted octanol–water partition coefficient (Wildman–Crippen LogP) is 4.19. The van der Waals surface area contributed by atoms with Crippen molar-refractivity contribution in [1.29, 1.82) is 0 Å². The Morgan fingerprint density at radius 1 is 1.07 bits per heavy atom. The van der Waals surface area contributed by atoms with E-state index in [0.29, 0.717) is 0 Å². The Balaban J connectivity index is 2.14. The third-order valence-electron chi connectivity index (χ3n) is 5.68. The van der Waals surface area contributed by atoms with Crippen LogP contribution in [-0.4, -0.2) is 8.42 Å². The SMILES string of the molecule is CCC1(CC)Cc2ccccc2C1(N)Oc1ccc(S(N)(=O)=O)c(Cl)c1Cl. The summed E-state index contributed by atoms with van der Waals surface area (Å²) in [7, 11) is -4.00. The number of hydrogen-bond acceptors (Lipinski definition) is 4. The lowest BCUT2D eigenvalue weighted by Gasteiger charge is -2.43. The minimum Gasteiger partial charge on any atom is -0.467 e. The first-order valence-corrected chi connectivity index (χ1v) is 11.0. The van der Waals surface area contributed by atoms with Gasteiger partial charge in [0.25, 0.3) is 0 Å². The Morgan fingerprint density at radius 3 is 2.30 bits per heavy atom. The fraction of sp³-hybridized carbons (Fsp3) is 0.368. The van der Waals surface area contributed by atoms with Crippen molar-refractivity contribution in [2.24, 2.45) is 16.3 Å². The molecule has 1 aliphatic rings. The van der Waals surface area contributed by atoms with E-state index in [1.165, 1.54) is 12.1 Å². The first kappa shape index (κ1) is 20.4. The minimum absolute atomic E-state index is 0.0292. The number of halogens is 2. The van der Waals surface area contributed by atoms with Crippen molar-refractivity contribution in [3.63, 3.8) is 0 Å². The van der Waals surface area contributed by atoms with E-state index >= 15 is 0 Å². The highest BCUT2D eigenvalue weighted by Crippen LogP contribution is 2.54. The van der Waals surface area contributed by atoms with E-state index in [1.807, 2.05) is 24.3 Å². The molecule has 1 atom stereocenters. The lowest BCUT2D eigenvalue weighted by molar-refractivity contribution is -0.0556. The Hall–Kier alpha value is -1.31. The summed E-state index contributed by atoms with van der Waals surface area (Å²) in [6.45, 7) is 4.16. The quantitative estimate of drug-likeness (QED) is 0.697. The van der Waals surface area contributed by atoms with Gasteiger partial charge in [0.1, 0.15) is 15.7 Å². The van der Waals surface area contributed by atoms with Crippen molar-refractivity contribution >= 4 is 33.2 Å². The number of rotatable bonds is 5. The molecule has 1 aliphatic carbocycles. The van der Waals surface area contributed by atoms with Crippen molar-refractivity contribution < 1.29 is 13.2 Å². The molecule has 0 amide bonds. The second-order valence-corrected chi connectivity index (χ2v) is 9.18. The van der Waals surface area contributed by atoms with Crippen LogP contribution in [0.15, 0.2) is 41.3 Å². The van der Waals surface area contributed by atoms with Gasteiger partial charge in [0.15, 0.2) is 5.72 Å². The second kappa shape index (κ2) is 6.94. The van der Waals surface area contributed by atoms with Gasteiger partial charge in [-0.25, -0.2) is 13.6 Å². The summed E-state index contributed by atoms with van der Waals surface area (Å²) in [5.41, 5.74) is 7.46. The lowest BCUT2D eigenvalue weighted by atomic mass is 9.73. The van der Waals surface area contributed by atoms with E-state index in [2.05, 4.69) is 13.8 Å². The Labute approximate surface area is 169 Å². The van der Waals surface area contributed by atoms with E-state index in [4.69, 9.17) is 38.8 Å². The summed E-state index contributed by atoms with van der Waals surface area (Å²) >= 11 is 12.5. The second-order valence-electron chi connectivity index (χ2n) is 6.89. The van der Waals surface area contributed by atoms with E-state index in [-0.39, 0.29) is 26.1 Å². The van der Waals surface area contributed by atoms with Crippen molar-refractivity contribution in [2.75, 3.05) is 0 Å². The highest BCUT2D eigenvalue weighted by molar-refractivity contribution is 7.89. The van der Waals surface area contributed by atoms with Crippen molar-refractivity contribution in [2.45, 2.75) is 43.7 Å². The van der Waals surface area contributed by atoms with Crippen LogP contribution < -0.4 is 15.6 Å². The predicted molar refractivity (Wildman–Crippen MR) is 107 cm³/mol. The molecule has 0 saturated carbocycles. The zero-order chi connectivity index (χ0) is 20.0. The molecule has 5 nitrogen and oxygen atoms in total. The van der Waals surface area contributed by atoms with Crippen LogP contribution in [0.2, 0.25) is 10.0 Å². The molecule has 0 aromatic heterocycles. The van der Waals surface area contributed by atoms with E-state index in [1.54, 1.807) is 0 Å². The maximum Gasteiger partial charge on any atom is 0.239 e. The molecule has 2 aromatic rings. The van der Waals surface area contributed by atoms with Gasteiger partial charge in [-0.05, 0) is 37.0 Å². The van der Waals surface area contributed by atoms with E-state index in [9.17, 15) is 8.42 Å². The van der Waals surface area contributed by atoms with Crippen LogP contribution >= 0.6 is 23.2 Å². The molecule has 27 heavy (non-hydrogen) atoms. The van der Waals surface area contributed by atoms with Crippen LogP contribution in [-0.2, 0) is 22.2 Å². The highest BCUT2D eigenvalue weighted by Gasteiger charge is 2.56. The first-order valence-electron chi connectivity index (χ1n) is 8.66. The molecule has 1 unspecified atom stereocenters. The molecule has 0 heterocycles. The zero-order valence-electron chi connectivity index (χ0n) is 15.1. The number of ether oxygens (including phenoxy) is 1. The smallest absolute Gasteiger partial charge is 0.239 e. The summed E-state index contributed by atoms with van der Waals surface area (Å²) in [4.78, 5) is -0.253. The maximum atomic E-state index is 11.7. The summed E-state index contributed by atoms with van der Waals surface area (Å²) < 4.78 is 29.6. The molecule has 146 valence electrons. The monoisotopic (exact) mass is 428 g/mol. The third kappa shape index (κ3) is 3.13. The molecule has 0 bridgehead atoms. The largest absolute Gasteiger partial charge is 0.467 e. The number of benzene rings is 2. The van der Waals surface area contributed by atoms with E-state index < -0.39 is 15.7 Å². The van der Waals surface area contributed by atoms with Crippen molar-refractivity contribution in [3.8, 4) is 5.75 Å². The minimum atomic E-state index is -4.00. The van der Waals surface area contributed by atoms with Crippen LogP contribution in [0.25, 0.3) is 0 Å². The lowest BCUT2D eigenvalue weighted by Crippen LogP contribution is -2.54. The van der Waals surface area contributed by atoms with E-state index in [0.717, 1.165) is 30.4 Å². The zero-order valence-corrected chi connectivity index (χ0v) is 17.5. The summed E-state index contributed by atoms with van der Waals surface area (Å²) in [6, 6.07) is 10.6. The molecule has 0 radical (unpaired) electrons. The van der Waals surface area contributed by atoms with Crippen LogP contribution in [0.4, 0.5) is 0 Å². The van der Waals surface area contributed by atoms with Gasteiger partial charge in [0, 0.05) is 11.0 Å². The Kier molecular flexibility index (Phi) is 5.25. The fourth-order valence-electron chi connectivity index (χ4n) is 3.99. The Morgan fingerprint density at radius 2 is 1.70 bits per heavy atom. The van der Waals surface area contributed by atoms with Crippen LogP contribution in [0.5, 0.6) is 5.75 Å². The average Bonchev–Trinajstić information content (AvgIpc) is 2.87. The van der Waals surface area contributed by atoms with Gasteiger partial charge in [-0.3, -0.25) is 5.73 Å². The molecule has 0 spiro atoms. The molecular weight excluding hydrogens is 407 g/mol. The van der Waals surface area contributed by atoms with Gasteiger partial charge >= 0.3 is 0 Å². The molecule has 0 saturated heterocycles. The van der Waals surface area contributed by atoms with Gasteiger partial charge in [0.05, 0.1) is 5.02 Å². The molecule has 2 aromatic carbocycles. The summed E-state index contributed by atoms with van der Waals surface area (Å²) in [5, 5.41) is 4.97. The average molecular weight is 429 g/mol. The first-order chi connectivity index (χ1) is 12.6. The molecule has 3 rings (SSSR count). The molecule has 0 aliphatic heterocycles.